The highest BCUT2D eigenvalue weighted by molar-refractivity contribution is 5.92. The van der Waals surface area contributed by atoms with Gasteiger partial charge in [-0.25, -0.2) is 0 Å². The second-order valence-corrected chi connectivity index (χ2v) is 6.44. The van der Waals surface area contributed by atoms with Crippen molar-refractivity contribution in [3.05, 3.63) is 42.5 Å². The highest BCUT2D eigenvalue weighted by atomic mass is 16.6. The van der Waals surface area contributed by atoms with E-state index in [4.69, 9.17) is 14.2 Å². The summed E-state index contributed by atoms with van der Waals surface area (Å²) in [6.07, 6.45) is 1.57. The molecule has 1 amide bonds. The normalized spacial score (nSPS) is 16.8. The van der Waals surface area contributed by atoms with E-state index in [1.807, 2.05) is 42.5 Å². The fraction of sp³-hybridized carbons (Fsp3) is 0.350. The lowest BCUT2D eigenvalue weighted by molar-refractivity contribution is -0.122. The van der Waals surface area contributed by atoms with Crippen molar-refractivity contribution in [2.45, 2.75) is 12.8 Å². The summed E-state index contributed by atoms with van der Waals surface area (Å²) in [6.45, 7) is 2.48. The number of hydrogen-bond donors (Lipinski definition) is 2. The zero-order chi connectivity index (χ0) is 17.8. The van der Waals surface area contributed by atoms with Crippen molar-refractivity contribution in [1.82, 2.24) is 0 Å². The van der Waals surface area contributed by atoms with E-state index >= 15 is 0 Å². The number of ether oxygens (including phenoxy) is 3. The molecule has 1 fully saturated rings. The SMILES string of the molecule is O=C(Nc1ccc(Nc2ccc3c(c2)OCCO3)cc1)C1CCOCC1. The van der Waals surface area contributed by atoms with Gasteiger partial charge in [0.1, 0.15) is 13.2 Å². The topological polar surface area (TPSA) is 68.8 Å². The number of rotatable bonds is 4. The van der Waals surface area contributed by atoms with E-state index in [1.165, 1.54) is 0 Å². The van der Waals surface area contributed by atoms with Crippen molar-refractivity contribution in [1.29, 1.82) is 0 Å². The maximum absolute atomic E-state index is 12.3. The Balaban J connectivity index is 1.37. The van der Waals surface area contributed by atoms with Crippen molar-refractivity contribution in [3.8, 4) is 11.5 Å². The van der Waals surface area contributed by atoms with Gasteiger partial charge in [-0.3, -0.25) is 4.79 Å². The minimum absolute atomic E-state index is 0.0410. The van der Waals surface area contributed by atoms with Crippen molar-refractivity contribution < 1.29 is 19.0 Å². The van der Waals surface area contributed by atoms with Gasteiger partial charge in [-0.2, -0.15) is 0 Å². The molecule has 6 nitrogen and oxygen atoms in total. The van der Waals surface area contributed by atoms with E-state index in [0.29, 0.717) is 26.4 Å². The van der Waals surface area contributed by atoms with E-state index in [-0.39, 0.29) is 11.8 Å². The lowest BCUT2D eigenvalue weighted by atomic mass is 9.99. The maximum Gasteiger partial charge on any atom is 0.227 e. The third-order valence-corrected chi connectivity index (χ3v) is 4.58. The highest BCUT2D eigenvalue weighted by Gasteiger charge is 2.21. The molecule has 136 valence electrons. The lowest BCUT2D eigenvalue weighted by Gasteiger charge is -2.21. The summed E-state index contributed by atoms with van der Waals surface area (Å²) in [5, 5.41) is 6.32. The number of carbonyl (C=O) groups is 1. The van der Waals surface area contributed by atoms with Crippen molar-refractivity contribution in [2.75, 3.05) is 37.1 Å². The number of benzene rings is 2. The molecule has 2 aromatic carbocycles. The van der Waals surface area contributed by atoms with Crippen molar-refractivity contribution >= 4 is 23.0 Å². The quantitative estimate of drug-likeness (QED) is 0.879. The molecule has 0 atom stereocenters. The van der Waals surface area contributed by atoms with Crippen LogP contribution in [0.4, 0.5) is 17.1 Å². The average Bonchev–Trinajstić information content (AvgIpc) is 2.70. The predicted octanol–water partition coefficient (Wildman–Crippen LogP) is 3.57. The Morgan fingerprint density at radius 1 is 0.808 bits per heavy atom. The first-order valence-electron chi connectivity index (χ1n) is 8.93. The number of hydrogen-bond acceptors (Lipinski definition) is 5. The first kappa shape index (κ1) is 16.7. The van der Waals surface area contributed by atoms with Gasteiger partial charge in [0, 0.05) is 42.3 Å². The van der Waals surface area contributed by atoms with Crippen LogP contribution >= 0.6 is 0 Å². The summed E-state index contributed by atoms with van der Waals surface area (Å²) in [6, 6.07) is 13.5. The molecule has 4 rings (SSSR count). The van der Waals surface area contributed by atoms with E-state index < -0.39 is 0 Å². The van der Waals surface area contributed by atoms with E-state index in [0.717, 1.165) is 41.4 Å². The van der Waals surface area contributed by atoms with Crippen LogP contribution in [0.25, 0.3) is 0 Å². The Hall–Kier alpha value is -2.73. The number of amides is 1. The first-order valence-corrected chi connectivity index (χ1v) is 8.93. The second kappa shape index (κ2) is 7.66. The monoisotopic (exact) mass is 354 g/mol. The summed E-state index contributed by atoms with van der Waals surface area (Å²) < 4.78 is 16.4. The van der Waals surface area contributed by atoms with Gasteiger partial charge in [0.15, 0.2) is 11.5 Å². The Labute approximate surface area is 152 Å². The van der Waals surface area contributed by atoms with Gasteiger partial charge >= 0.3 is 0 Å². The molecule has 2 N–H and O–H groups in total. The molecular formula is C20H22N2O4. The Morgan fingerprint density at radius 3 is 2.23 bits per heavy atom. The second-order valence-electron chi connectivity index (χ2n) is 6.44. The third kappa shape index (κ3) is 3.91. The van der Waals surface area contributed by atoms with Gasteiger partial charge in [-0.15, -0.1) is 0 Å². The van der Waals surface area contributed by atoms with Crippen LogP contribution in [0.2, 0.25) is 0 Å². The van der Waals surface area contributed by atoms with Crippen LogP contribution in [0.5, 0.6) is 11.5 Å². The minimum Gasteiger partial charge on any atom is -0.486 e. The standard InChI is InChI=1S/C20H22N2O4/c23-20(14-7-9-24-10-8-14)22-16-3-1-15(2-4-16)21-17-5-6-18-19(13-17)26-12-11-25-18/h1-6,13-14,21H,7-12H2,(H,22,23). The van der Waals surface area contributed by atoms with Crippen LogP contribution in [0.1, 0.15) is 12.8 Å². The molecule has 2 aromatic rings. The molecule has 26 heavy (non-hydrogen) atoms. The molecule has 0 saturated carbocycles. The summed E-state index contributed by atoms with van der Waals surface area (Å²) in [4.78, 5) is 12.3. The molecule has 6 heteroatoms. The van der Waals surface area contributed by atoms with Gasteiger partial charge in [0.25, 0.3) is 0 Å². The number of anilines is 3. The Bertz CT molecular complexity index is 770. The van der Waals surface area contributed by atoms with Crippen LogP contribution in [0.15, 0.2) is 42.5 Å². The van der Waals surface area contributed by atoms with Gasteiger partial charge < -0.3 is 24.8 Å². The smallest absolute Gasteiger partial charge is 0.227 e. The summed E-state index contributed by atoms with van der Waals surface area (Å²) >= 11 is 0. The molecule has 1 saturated heterocycles. The van der Waals surface area contributed by atoms with Crippen LogP contribution in [-0.2, 0) is 9.53 Å². The fourth-order valence-corrected chi connectivity index (χ4v) is 3.13. The first-order chi connectivity index (χ1) is 12.8. The summed E-state index contributed by atoms with van der Waals surface area (Å²) in [5.74, 6) is 1.63. The van der Waals surface area contributed by atoms with Gasteiger partial charge in [-0.05, 0) is 49.2 Å². The Kier molecular flexibility index (Phi) is 4.93. The molecule has 2 heterocycles. The third-order valence-electron chi connectivity index (χ3n) is 4.58. The molecular weight excluding hydrogens is 332 g/mol. The van der Waals surface area contributed by atoms with Crippen LogP contribution in [0.3, 0.4) is 0 Å². The van der Waals surface area contributed by atoms with Gasteiger partial charge in [-0.1, -0.05) is 0 Å². The zero-order valence-corrected chi connectivity index (χ0v) is 14.5. The molecule has 0 aliphatic carbocycles. The average molecular weight is 354 g/mol. The molecule has 2 aliphatic rings. The molecule has 0 bridgehead atoms. The van der Waals surface area contributed by atoms with E-state index in [9.17, 15) is 4.79 Å². The molecule has 2 aliphatic heterocycles. The molecule has 0 unspecified atom stereocenters. The predicted molar refractivity (Wildman–Crippen MR) is 99.3 cm³/mol. The minimum atomic E-state index is 0.0410. The van der Waals surface area contributed by atoms with Gasteiger partial charge in [0.2, 0.25) is 5.91 Å². The zero-order valence-electron chi connectivity index (χ0n) is 14.5. The van der Waals surface area contributed by atoms with Gasteiger partial charge in [0.05, 0.1) is 0 Å². The number of nitrogens with one attached hydrogen (secondary N) is 2. The maximum atomic E-state index is 12.3. The molecule has 0 aromatic heterocycles. The van der Waals surface area contributed by atoms with Crippen molar-refractivity contribution in [2.24, 2.45) is 5.92 Å². The summed E-state index contributed by atoms with van der Waals surface area (Å²) in [7, 11) is 0. The number of fused-ring (bicyclic) bond motifs is 1. The van der Waals surface area contributed by atoms with Crippen LogP contribution < -0.4 is 20.1 Å². The largest absolute Gasteiger partial charge is 0.486 e. The van der Waals surface area contributed by atoms with Crippen molar-refractivity contribution in [3.63, 3.8) is 0 Å². The highest BCUT2D eigenvalue weighted by Crippen LogP contribution is 2.33. The number of carbonyl (C=O) groups excluding carboxylic acids is 1. The summed E-state index contributed by atoms with van der Waals surface area (Å²) in [5.41, 5.74) is 2.66. The van der Waals surface area contributed by atoms with E-state index in [2.05, 4.69) is 10.6 Å². The van der Waals surface area contributed by atoms with Crippen LogP contribution in [-0.4, -0.2) is 32.3 Å². The Morgan fingerprint density at radius 2 is 1.46 bits per heavy atom. The fourth-order valence-electron chi connectivity index (χ4n) is 3.13. The van der Waals surface area contributed by atoms with E-state index in [1.54, 1.807) is 0 Å². The molecule has 0 radical (unpaired) electrons. The lowest BCUT2D eigenvalue weighted by Crippen LogP contribution is -2.28. The van der Waals surface area contributed by atoms with Crippen LogP contribution in [0, 0.1) is 5.92 Å². The molecule has 0 spiro atoms.